The highest BCUT2D eigenvalue weighted by atomic mass is 16.2. The fraction of sp³-hybridized carbons (Fsp3) is 0.500. The Labute approximate surface area is 160 Å². The van der Waals surface area contributed by atoms with Crippen molar-refractivity contribution in [2.75, 3.05) is 44.2 Å². The molecule has 27 heavy (non-hydrogen) atoms. The fourth-order valence-electron chi connectivity index (χ4n) is 3.95. The molecule has 4 heterocycles. The lowest BCUT2D eigenvalue weighted by Crippen LogP contribution is -2.51. The Morgan fingerprint density at radius 3 is 2.44 bits per heavy atom. The molecule has 7 heteroatoms. The summed E-state index contributed by atoms with van der Waals surface area (Å²) in [6, 6.07) is 7.91. The molecular weight excluding hydrogens is 340 g/mol. The van der Waals surface area contributed by atoms with Gasteiger partial charge in [0, 0.05) is 51.3 Å². The van der Waals surface area contributed by atoms with E-state index >= 15 is 0 Å². The standard InChI is InChI=1S/C20H26N6O/c27-19(26-11-4-2-7-18(26)17-6-1-3-8-21-17)16-24-12-14-25(15-13-24)20-22-9-5-10-23-20/h1,3,5-6,8-10,18H,2,4,7,11-16H2. The molecular formula is C20H26N6O. The molecule has 2 saturated heterocycles. The number of rotatable bonds is 4. The molecule has 1 atom stereocenters. The topological polar surface area (TPSA) is 65.5 Å². The Kier molecular flexibility index (Phi) is 5.58. The average Bonchev–Trinajstić information content (AvgIpc) is 2.75. The Morgan fingerprint density at radius 1 is 0.926 bits per heavy atom. The van der Waals surface area contributed by atoms with Crippen molar-refractivity contribution in [3.63, 3.8) is 0 Å². The van der Waals surface area contributed by atoms with Crippen LogP contribution in [0.1, 0.15) is 31.0 Å². The van der Waals surface area contributed by atoms with Gasteiger partial charge in [0.2, 0.25) is 11.9 Å². The maximum absolute atomic E-state index is 13.0. The van der Waals surface area contributed by atoms with E-state index in [2.05, 4.69) is 24.8 Å². The Balaban J connectivity index is 1.34. The molecule has 0 radical (unpaired) electrons. The summed E-state index contributed by atoms with van der Waals surface area (Å²) < 4.78 is 0. The minimum absolute atomic E-state index is 0.117. The summed E-state index contributed by atoms with van der Waals surface area (Å²) in [5.74, 6) is 0.990. The van der Waals surface area contributed by atoms with Gasteiger partial charge in [0.05, 0.1) is 18.3 Å². The number of pyridine rings is 1. The zero-order valence-corrected chi connectivity index (χ0v) is 15.6. The Bertz CT molecular complexity index is 733. The van der Waals surface area contributed by atoms with Crippen LogP contribution in [0.25, 0.3) is 0 Å². The first kappa shape index (κ1) is 17.9. The minimum Gasteiger partial charge on any atom is -0.338 e. The van der Waals surface area contributed by atoms with E-state index in [-0.39, 0.29) is 11.9 Å². The van der Waals surface area contributed by atoms with Gasteiger partial charge in [-0.3, -0.25) is 14.7 Å². The predicted octanol–water partition coefficient (Wildman–Crippen LogP) is 1.75. The SMILES string of the molecule is O=C(CN1CCN(c2ncccn2)CC1)N1CCCCC1c1ccccn1. The zero-order chi connectivity index (χ0) is 18.5. The number of nitrogens with zero attached hydrogens (tertiary/aromatic N) is 6. The molecule has 0 aliphatic carbocycles. The number of piperazine rings is 1. The third kappa shape index (κ3) is 4.24. The lowest BCUT2D eigenvalue weighted by Gasteiger charge is -2.38. The molecule has 2 aliphatic rings. The summed E-state index contributed by atoms with van der Waals surface area (Å²) in [6.07, 6.45) is 8.59. The first-order valence-electron chi connectivity index (χ1n) is 9.76. The van der Waals surface area contributed by atoms with E-state index in [1.807, 2.05) is 35.4 Å². The van der Waals surface area contributed by atoms with Gasteiger partial charge in [-0.1, -0.05) is 6.07 Å². The smallest absolute Gasteiger partial charge is 0.237 e. The first-order chi connectivity index (χ1) is 13.3. The van der Waals surface area contributed by atoms with Crippen molar-refractivity contribution in [1.82, 2.24) is 24.8 Å². The number of hydrogen-bond acceptors (Lipinski definition) is 6. The molecule has 0 aromatic carbocycles. The summed E-state index contributed by atoms with van der Waals surface area (Å²) in [6.45, 7) is 4.71. The number of anilines is 1. The van der Waals surface area contributed by atoms with Crippen LogP contribution in [0.15, 0.2) is 42.9 Å². The number of hydrogen-bond donors (Lipinski definition) is 0. The van der Waals surface area contributed by atoms with E-state index in [0.29, 0.717) is 6.54 Å². The second-order valence-electron chi connectivity index (χ2n) is 7.17. The highest BCUT2D eigenvalue weighted by Gasteiger charge is 2.30. The second-order valence-corrected chi connectivity index (χ2v) is 7.17. The molecule has 2 fully saturated rings. The Morgan fingerprint density at radius 2 is 1.70 bits per heavy atom. The monoisotopic (exact) mass is 366 g/mol. The van der Waals surface area contributed by atoms with Gasteiger partial charge < -0.3 is 9.80 Å². The van der Waals surface area contributed by atoms with Gasteiger partial charge in [0.25, 0.3) is 0 Å². The van der Waals surface area contributed by atoms with E-state index in [4.69, 9.17) is 0 Å². The zero-order valence-electron chi connectivity index (χ0n) is 15.6. The number of carbonyl (C=O) groups is 1. The predicted molar refractivity (Wildman–Crippen MR) is 103 cm³/mol. The van der Waals surface area contributed by atoms with Gasteiger partial charge in [-0.2, -0.15) is 0 Å². The number of aromatic nitrogens is 3. The number of likely N-dealkylation sites (tertiary alicyclic amines) is 1. The van der Waals surface area contributed by atoms with Crippen LogP contribution in [0.2, 0.25) is 0 Å². The molecule has 4 rings (SSSR count). The maximum atomic E-state index is 13.0. The van der Waals surface area contributed by atoms with Crippen molar-refractivity contribution in [3.8, 4) is 0 Å². The number of carbonyl (C=O) groups excluding carboxylic acids is 1. The molecule has 2 aromatic rings. The fourth-order valence-corrected chi connectivity index (χ4v) is 3.95. The van der Waals surface area contributed by atoms with Crippen LogP contribution in [0.5, 0.6) is 0 Å². The van der Waals surface area contributed by atoms with E-state index < -0.39 is 0 Å². The van der Waals surface area contributed by atoms with Crippen molar-refractivity contribution in [2.45, 2.75) is 25.3 Å². The van der Waals surface area contributed by atoms with Crippen molar-refractivity contribution in [3.05, 3.63) is 48.5 Å². The molecule has 1 amide bonds. The number of amides is 1. The number of piperidine rings is 1. The van der Waals surface area contributed by atoms with Crippen molar-refractivity contribution >= 4 is 11.9 Å². The van der Waals surface area contributed by atoms with E-state index in [0.717, 1.165) is 63.6 Å². The highest BCUT2D eigenvalue weighted by molar-refractivity contribution is 5.79. The van der Waals surface area contributed by atoms with Gasteiger partial charge in [0.15, 0.2) is 0 Å². The van der Waals surface area contributed by atoms with E-state index in [1.165, 1.54) is 0 Å². The second kappa shape index (κ2) is 8.43. The van der Waals surface area contributed by atoms with Crippen LogP contribution in [0.4, 0.5) is 5.95 Å². The lowest BCUT2D eigenvalue weighted by atomic mass is 9.98. The van der Waals surface area contributed by atoms with Gasteiger partial charge in [-0.05, 0) is 37.5 Å². The molecule has 1 unspecified atom stereocenters. The van der Waals surface area contributed by atoms with Crippen LogP contribution in [0.3, 0.4) is 0 Å². The van der Waals surface area contributed by atoms with Crippen molar-refractivity contribution in [2.24, 2.45) is 0 Å². The van der Waals surface area contributed by atoms with Gasteiger partial charge in [-0.15, -0.1) is 0 Å². The summed E-state index contributed by atoms with van der Waals surface area (Å²) >= 11 is 0. The molecule has 142 valence electrons. The third-order valence-electron chi connectivity index (χ3n) is 5.42. The Hall–Kier alpha value is -2.54. The molecule has 0 N–H and O–H groups in total. The van der Waals surface area contributed by atoms with E-state index in [9.17, 15) is 4.79 Å². The summed E-state index contributed by atoms with van der Waals surface area (Å²) in [5.41, 5.74) is 1.01. The van der Waals surface area contributed by atoms with Crippen LogP contribution >= 0.6 is 0 Å². The van der Waals surface area contributed by atoms with Crippen molar-refractivity contribution < 1.29 is 4.79 Å². The molecule has 7 nitrogen and oxygen atoms in total. The normalized spacial score (nSPS) is 21.3. The lowest BCUT2D eigenvalue weighted by molar-refractivity contribution is -0.136. The van der Waals surface area contributed by atoms with Crippen LogP contribution < -0.4 is 4.90 Å². The largest absolute Gasteiger partial charge is 0.338 e. The van der Waals surface area contributed by atoms with Crippen molar-refractivity contribution in [1.29, 1.82) is 0 Å². The van der Waals surface area contributed by atoms with Crippen LogP contribution in [0, 0.1) is 0 Å². The summed E-state index contributed by atoms with van der Waals surface area (Å²) in [5, 5.41) is 0. The molecule has 0 spiro atoms. The first-order valence-corrected chi connectivity index (χ1v) is 9.76. The summed E-state index contributed by atoms with van der Waals surface area (Å²) in [4.78, 5) is 32.6. The maximum Gasteiger partial charge on any atom is 0.237 e. The van der Waals surface area contributed by atoms with Crippen LogP contribution in [-0.2, 0) is 4.79 Å². The van der Waals surface area contributed by atoms with E-state index in [1.54, 1.807) is 12.4 Å². The van der Waals surface area contributed by atoms with Crippen LogP contribution in [-0.4, -0.2) is 69.9 Å². The quantitative estimate of drug-likeness (QED) is 0.821. The third-order valence-corrected chi connectivity index (χ3v) is 5.42. The van der Waals surface area contributed by atoms with Gasteiger partial charge >= 0.3 is 0 Å². The van der Waals surface area contributed by atoms with Gasteiger partial charge in [0.1, 0.15) is 0 Å². The molecule has 0 saturated carbocycles. The molecule has 2 aromatic heterocycles. The van der Waals surface area contributed by atoms with Gasteiger partial charge in [-0.25, -0.2) is 9.97 Å². The highest BCUT2D eigenvalue weighted by Crippen LogP contribution is 2.29. The minimum atomic E-state index is 0.117. The molecule has 0 bridgehead atoms. The summed E-state index contributed by atoms with van der Waals surface area (Å²) in [7, 11) is 0. The molecule has 2 aliphatic heterocycles. The average molecular weight is 366 g/mol.